The number of halogens is 1. The molecule has 3 rings (SSSR count). The van der Waals surface area contributed by atoms with Crippen molar-refractivity contribution < 1.29 is 19.4 Å². The van der Waals surface area contributed by atoms with Crippen molar-refractivity contribution >= 4 is 27.3 Å². The predicted molar refractivity (Wildman–Crippen MR) is 69.7 cm³/mol. The first-order valence-corrected chi connectivity index (χ1v) is 6.71. The normalized spacial score (nSPS) is 23.2. The van der Waals surface area contributed by atoms with E-state index in [0.717, 1.165) is 5.39 Å². The Labute approximate surface area is 112 Å². The fraction of sp³-hybridized carbons (Fsp3) is 0.308. The molecule has 4 nitrogen and oxygen atoms in total. The third-order valence-electron chi connectivity index (χ3n) is 3.24. The molecule has 2 heterocycles. The van der Waals surface area contributed by atoms with Crippen molar-refractivity contribution in [2.75, 3.05) is 13.1 Å². The van der Waals surface area contributed by atoms with Gasteiger partial charge in [-0.05, 0) is 23.6 Å². The van der Waals surface area contributed by atoms with E-state index < -0.39 is 12.2 Å². The van der Waals surface area contributed by atoms with Gasteiger partial charge in [0.25, 0.3) is 5.91 Å². The third kappa shape index (κ3) is 2.22. The number of carbonyl (C=O) groups is 1. The maximum atomic E-state index is 13.1. The van der Waals surface area contributed by atoms with Crippen LogP contribution in [0.5, 0.6) is 0 Å². The van der Waals surface area contributed by atoms with Crippen molar-refractivity contribution in [1.82, 2.24) is 4.90 Å². The number of aliphatic hydroxyl groups excluding tert-OH is 2. The minimum atomic E-state index is -0.893. The standard InChI is InChI=1S/C13H12FNO3S/c14-8-2-1-7-3-12(19-11(7)4-8)13(18)15-5-9(16)10(17)6-15/h1-4,9-10,16-17H,5-6H2. The highest BCUT2D eigenvalue weighted by Gasteiger charge is 2.33. The molecule has 0 radical (unpaired) electrons. The van der Waals surface area contributed by atoms with Crippen LogP contribution in [0.4, 0.5) is 4.39 Å². The molecule has 19 heavy (non-hydrogen) atoms. The number of nitrogens with zero attached hydrogens (tertiary/aromatic N) is 1. The number of amides is 1. The number of benzene rings is 1. The van der Waals surface area contributed by atoms with Crippen LogP contribution in [-0.4, -0.2) is 46.3 Å². The Morgan fingerprint density at radius 1 is 1.26 bits per heavy atom. The zero-order valence-corrected chi connectivity index (χ0v) is 10.7. The molecule has 1 amide bonds. The van der Waals surface area contributed by atoms with Gasteiger partial charge in [0.15, 0.2) is 0 Å². The average molecular weight is 281 g/mol. The molecule has 0 bridgehead atoms. The first-order valence-electron chi connectivity index (χ1n) is 5.89. The summed E-state index contributed by atoms with van der Waals surface area (Å²) in [5.41, 5.74) is 0. The molecule has 0 aliphatic carbocycles. The summed E-state index contributed by atoms with van der Waals surface area (Å²) in [5.74, 6) is -0.572. The molecule has 1 aromatic carbocycles. The number of thiophene rings is 1. The quantitative estimate of drug-likeness (QED) is 0.826. The maximum absolute atomic E-state index is 13.1. The highest BCUT2D eigenvalue weighted by Crippen LogP contribution is 2.28. The second-order valence-electron chi connectivity index (χ2n) is 4.64. The van der Waals surface area contributed by atoms with Crippen LogP contribution in [0.15, 0.2) is 24.3 Å². The van der Waals surface area contributed by atoms with Crippen LogP contribution in [0.2, 0.25) is 0 Å². The zero-order valence-electron chi connectivity index (χ0n) is 9.91. The van der Waals surface area contributed by atoms with E-state index in [1.54, 1.807) is 12.1 Å². The van der Waals surface area contributed by atoms with E-state index in [0.29, 0.717) is 9.58 Å². The number of hydrogen-bond acceptors (Lipinski definition) is 4. The molecule has 0 saturated carbocycles. The number of β-amino-alcohol motifs (C(OH)–C–C–N with tert-alkyl or cyclic N) is 2. The number of hydrogen-bond donors (Lipinski definition) is 2. The number of carbonyl (C=O) groups excluding carboxylic acids is 1. The van der Waals surface area contributed by atoms with Gasteiger partial charge >= 0.3 is 0 Å². The number of likely N-dealkylation sites (tertiary alicyclic amines) is 1. The fourth-order valence-corrected chi connectivity index (χ4v) is 3.26. The molecule has 1 aliphatic heterocycles. The topological polar surface area (TPSA) is 60.8 Å². The summed E-state index contributed by atoms with van der Waals surface area (Å²) in [6, 6.07) is 6.08. The Kier molecular flexibility index (Phi) is 3.00. The number of aliphatic hydroxyl groups is 2. The molecular weight excluding hydrogens is 269 g/mol. The van der Waals surface area contributed by atoms with E-state index in [1.165, 1.54) is 28.4 Å². The summed E-state index contributed by atoms with van der Waals surface area (Å²) in [7, 11) is 0. The lowest BCUT2D eigenvalue weighted by molar-refractivity contribution is 0.0572. The molecule has 1 fully saturated rings. The van der Waals surface area contributed by atoms with E-state index in [4.69, 9.17) is 0 Å². The lowest BCUT2D eigenvalue weighted by Crippen LogP contribution is -2.29. The zero-order chi connectivity index (χ0) is 13.6. The van der Waals surface area contributed by atoms with Gasteiger partial charge in [-0.25, -0.2) is 4.39 Å². The van der Waals surface area contributed by atoms with Crippen LogP contribution in [-0.2, 0) is 0 Å². The number of rotatable bonds is 1. The maximum Gasteiger partial charge on any atom is 0.264 e. The van der Waals surface area contributed by atoms with Crippen molar-refractivity contribution in [3.63, 3.8) is 0 Å². The summed E-state index contributed by atoms with van der Waals surface area (Å²) in [6.45, 7) is 0.255. The van der Waals surface area contributed by atoms with Crippen LogP contribution in [0.25, 0.3) is 10.1 Å². The van der Waals surface area contributed by atoms with E-state index >= 15 is 0 Å². The molecule has 1 saturated heterocycles. The molecule has 6 heteroatoms. The monoisotopic (exact) mass is 281 g/mol. The second-order valence-corrected chi connectivity index (χ2v) is 5.72. The van der Waals surface area contributed by atoms with Crippen molar-refractivity contribution in [1.29, 1.82) is 0 Å². The molecule has 2 unspecified atom stereocenters. The molecule has 2 aromatic rings. The van der Waals surface area contributed by atoms with E-state index in [1.807, 2.05) is 0 Å². The lowest BCUT2D eigenvalue weighted by Gasteiger charge is -2.13. The highest BCUT2D eigenvalue weighted by molar-refractivity contribution is 7.20. The minimum absolute atomic E-state index is 0.128. The van der Waals surface area contributed by atoms with Gasteiger partial charge in [0.2, 0.25) is 0 Å². The van der Waals surface area contributed by atoms with Gasteiger partial charge in [0.05, 0.1) is 17.1 Å². The van der Waals surface area contributed by atoms with Crippen molar-refractivity contribution in [3.05, 3.63) is 35.0 Å². The molecule has 2 N–H and O–H groups in total. The summed E-state index contributed by atoms with van der Waals surface area (Å²) in [6.07, 6.45) is -1.79. The van der Waals surface area contributed by atoms with E-state index in [-0.39, 0.29) is 24.8 Å². The Bertz CT molecular complexity index is 632. The summed E-state index contributed by atoms with van der Waals surface area (Å²) in [5, 5.41) is 19.7. The first kappa shape index (κ1) is 12.5. The third-order valence-corrected chi connectivity index (χ3v) is 4.33. The summed E-state index contributed by atoms with van der Waals surface area (Å²) in [4.78, 5) is 14.1. The lowest BCUT2D eigenvalue weighted by atomic mass is 10.2. The molecule has 1 aromatic heterocycles. The summed E-state index contributed by atoms with van der Waals surface area (Å²) >= 11 is 1.21. The smallest absolute Gasteiger partial charge is 0.264 e. The van der Waals surface area contributed by atoms with Crippen LogP contribution >= 0.6 is 11.3 Å². The highest BCUT2D eigenvalue weighted by atomic mass is 32.1. The van der Waals surface area contributed by atoms with Gasteiger partial charge in [0.1, 0.15) is 5.82 Å². The van der Waals surface area contributed by atoms with E-state index in [9.17, 15) is 19.4 Å². The van der Waals surface area contributed by atoms with Crippen LogP contribution in [0.3, 0.4) is 0 Å². The van der Waals surface area contributed by atoms with Gasteiger partial charge in [0, 0.05) is 17.8 Å². The average Bonchev–Trinajstić information content (AvgIpc) is 2.92. The fourth-order valence-electron chi connectivity index (χ4n) is 2.20. The predicted octanol–water partition coefficient (Wildman–Crippen LogP) is 1.22. The largest absolute Gasteiger partial charge is 0.388 e. The molecule has 1 aliphatic rings. The van der Waals surface area contributed by atoms with Crippen molar-refractivity contribution in [2.24, 2.45) is 0 Å². The van der Waals surface area contributed by atoms with Gasteiger partial charge in [-0.2, -0.15) is 0 Å². The van der Waals surface area contributed by atoms with Crippen molar-refractivity contribution in [2.45, 2.75) is 12.2 Å². The Balaban J connectivity index is 1.90. The van der Waals surface area contributed by atoms with Gasteiger partial charge in [-0.15, -0.1) is 11.3 Å². The molecule has 2 atom stereocenters. The minimum Gasteiger partial charge on any atom is -0.388 e. The second kappa shape index (κ2) is 4.56. The SMILES string of the molecule is O=C(c1cc2ccc(F)cc2s1)N1CC(O)C(O)C1. The summed E-state index contributed by atoms with van der Waals surface area (Å²) < 4.78 is 13.8. The first-order chi connectivity index (χ1) is 9.04. The van der Waals surface area contributed by atoms with Gasteiger partial charge < -0.3 is 15.1 Å². The van der Waals surface area contributed by atoms with Crippen LogP contribution in [0, 0.1) is 5.82 Å². The number of fused-ring (bicyclic) bond motifs is 1. The van der Waals surface area contributed by atoms with Crippen molar-refractivity contribution in [3.8, 4) is 0 Å². The Morgan fingerprint density at radius 2 is 1.95 bits per heavy atom. The van der Waals surface area contributed by atoms with E-state index in [2.05, 4.69) is 0 Å². The van der Waals surface area contributed by atoms with Crippen LogP contribution in [0.1, 0.15) is 9.67 Å². The molecule has 0 spiro atoms. The Hall–Kier alpha value is -1.50. The van der Waals surface area contributed by atoms with Gasteiger partial charge in [-0.1, -0.05) is 6.07 Å². The molecular formula is C13H12FNO3S. The Morgan fingerprint density at radius 3 is 2.63 bits per heavy atom. The molecule has 100 valence electrons. The van der Waals surface area contributed by atoms with Gasteiger partial charge in [-0.3, -0.25) is 4.79 Å². The van der Waals surface area contributed by atoms with Crippen LogP contribution < -0.4 is 0 Å².